The highest BCUT2D eigenvalue weighted by Gasteiger charge is 2.00. The summed E-state index contributed by atoms with van der Waals surface area (Å²) in [5.41, 5.74) is 0. The molecule has 0 atom stereocenters. The lowest BCUT2D eigenvalue weighted by Crippen LogP contribution is -1.79. The predicted octanol–water partition coefficient (Wildman–Crippen LogP) is 5.06. The van der Waals surface area contributed by atoms with E-state index in [4.69, 9.17) is 5.11 Å². The summed E-state index contributed by atoms with van der Waals surface area (Å²) >= 11 is 3.13. The maximum Gasteiger partial charge on any atom is 0.178 e. The number of hydrogen-bond donors (Lipinski definition) is 1. The van der Waals surface area contributed by atoms with Crippen LogP contribution in [0.2, 0.25) is 0 Å². The third-order valence-corrected chi connectivity index (χ3v) is 5.49. The number of unbranched alkanes of at least 4 members (excludes halogenated alkanes) is 4. The Balaban J connectivity index is 0.000000240. The number of aldehydes is 1. The summed E-state index contributed by atoms with van der Waals surface area (Å²) in [5, 5.41) is 10.2. The van der Waals surface area contributed by atoms with Crippen molar-refractivity contribution in [1.29, 1.82) is 0 Å². The molecule has 0 fully saturated rings. The minimum absolute atomic E-state index is 0.0818. The minimum Gasteiger partial charge on any atom is -0.389 e. The van der Waals surface area contributed by atoms with E-state index in [-0.39, 0.29) is 6.61 Å². The van der Waals surface area contributed by atoms with Gasteiger partial charge in [0, 0.05) is 22.1 Å². The van der Waals surface area contributed by atoms with Gasteiger partial charge in [0.25, 0.3) is 0 Å². The molecular formula is C18H28N2O2S2. The van der Waals surface area contributed by atoms with E-state index < -0.39 is 0 Å². The first-order chi connectivity index (χ1) is 11.7. The van der Waals surface area contributed by atoms with Crippen LogP contribution in [0.1, 0.15) is 76.9 Å². The Hall–Kier alpha value is -1.11. The van der Waals surface area contributed by atoms with Crippen LogP contribution in [0.25, 0.3) is 0 Å². The van der Waals surface area contributed by atoms with Crippen LogP contribution in [0.5, 0.6) is 0 Å². The Bertz CT molecular complexity index is 567. The number of rotatable bonds is 10. The molecule has 4 nitrogen and oxygen atoms in total. The smallest absolute Gasteiger partial charge is 0.178 e. The number of aromatic nitrogens is 2. The number of thiazole rings is 2. The number of carbonyl (C=O) groups excluding carboxylic acids is 1. The fraction of sp³-hybridized carbons (Fsp3) is 0.611. The van der Waals surface area contributed by atoms with Gasteiger partial charge in [0.05, 0.1) is 6.61 Å². The average molecular weight is 369 g/mol. The number of aryl methyl sites for hydroxylation is 2. The van der Waals surface area contributed by atoms with Crippen molar-refractivity contribution < 1.29 is 9.90 Å². The summed E-state index contributed by atoms with van der Waals surface area (Å²) < 4.78 is 0. The number of aliphatic hydroxyl groups excluding tert-OH is 1. The van der Waals surface area contributed by atoms with Crippen molar-refractivity contribution in [2.45, 2.75) is 71.8 Å². The third kappa shape index (κ3) is 8.66. The van der Waals surface area contributed by atoms with Crippen LogP contribution < -0.4 is 0 Å². The van der Waals surface area contributed by atoms with E-state index in [2.05, 4.69) is 23.8 Å². The van der Waals surface area contributed by atoms with Crippen molar-refractivity contribution in [1.82, 2.24) is 9.97 Å². The van der Waals surface area contributed by atoms with Gasteiger partial charge >= 0.3 is 0 Å². The SMILES string of the molecule is CCCCCc1cnc(C=O)s1.CCCCCc1cnc(CO)s1. The molecule has 6 heteroatoms. The fourth-order valence-corrected chi connectivity index (χ4v) is 3.73. The van der Waals surface area contributed by atoms with E-state index in [0.29, 0.717) is 5.01 Å². The van der Waals surface area contributed by atoms with Crippen LogP contribution in [0, 0.1) is 0 Å². The summed E-state index contributed by atoms with van der Waals surface area (Å²) in [5.74, 6) is 0. The highest BCUT2D eigenvalue weighted by Crippen LogP contribution is 2.15. The molecule has 0 amide bonds. The molecule has 0 aliphatic carbocycles. The van der Waals surface area contributed by atoms with Gasteiger partial charge in [-0.15, -0.1) is 22.7 Å². The van der Waals surface area contributed by atoms with Gasteiger partial charge in [0.2, 0.25) is 0 Å². The van der Waals surface area contributed by atoms with Crippen molar-refractivity contribution in [3.63, 3.8) is 0 Å². The molecule has 134 valence electrons. The molecule has 1 N–H and O–H groups in total. The molecule has 0 saturated heterocycles. The van der Waals surface area contributed by atoms with E-state index in [9.17, 15) is 4.79 Å². The van der Waals surface area contributed by atoms with Gasteiger partial charge in [-0.1, -0.05) is 39.5 Å². The lowest BCUT2D eigenvalue weighted by atomic mass is 10.2. The van der Waals surface area contributed by atoms with Gasteiger partial charge in [-0.25, -0.2) is 9.97 Å². The average Bonchev–Trinajstić information content (AvgIpc) is 3.25. The minimum atomic E-state index is 0.0818. The Labute approximate surface area is 153 Å². The molecule has 0 saturated carbocycles. The van der Waals surface area contributed by atoms with Crippen molar-refractivity contribution in [3.05, 3.63) is 32.2 Å². The maximum atomic E-state index is 10.3. The second kappa shape index (κ2) is 13.2. The zero-order chi connectivity index (χ0) is 17.6. The molecule has 0 spiro atoms. The maximum absolute atomic E-state index is 10.3. The second-order valence-corrected chi connectivity index (χ2v) is 7.92. The second-order valence-electron chi connectivity index (χ2n) is 5.58. The summed E-state index contributed by atoms with van der Waals surface area (Å²) in [4.78, 5) is 20.9. The van der Waals surface area contributed by atoms with Crippen LogP contribution in [-0.4, -0.2) is 21.4 Å². The van der Waals surface area contributed by atoms with Gasteiger partial charge in [-0.3, -0.25) is 4.79 Å². The number of hydrogen-bond acceptors (Lipinski definition) is 6. The molecular weight excluding hydrogens is 340 g/mol. The quantitative estimate of drug-likeness (QED) is 0.470. The molecule has 0 radical (unpaired) electrons. The largest absolute Gasteiger partial charge is 0.389 e. The number of nitrogens with zero attached hydrogens (tertiary/aromatic N) is 2. The standard InChI is InChI=1S/C9H15NOS.C9H13NOS/c2*1-2-3-4-5-8-6-10-9(7-11)12-8/h6,11H,2-5,7H2,1H3;6-7H,2-5H2,1H3. The summed E-state index contributed by atoms with van der Waals surface area (Å²) in [7, 11) is 0. The normalized spacial score (nSPS) is 10.3. The van der Waals surface area contributed by atoms with E-state index in [1.54, 1.807) is 11.3 Å². The molecule has 0 bridgehead atoms. The van der Waals surface area contributed by atoms with Gasteiger partial charge in [-0.2, -0.15) is 0 Å². The van der Waals surface area contributed by atoms with E-state index in [1.165, 1.54) is 59.6 Å². The molecule has 2 rings (SSSR count). The zero-order valence-electron chi connectivity index (χ0n) is 14.7. The highest BCUT2D eigenvalue weighted by molar-refractivity contribution is 7.13. The van der Waals surface area contributed by atoms with Gasteiger partial charge in [-0.05, 0) is 25.7 Å². The van der Waals surface area contributed by atoms with Crippen molar-refractivity contribution in [2.75, 3.05) is 0 Å². The molecule has 2 aromatic rings. The third-order valence-electron chi connectivity index (χ3n) is 3.46. The van der Waals surface area contributed by atoms with Gasteiger partial charge in [0.1, 0.15) is 5.01 Å². The lowest BCUT2D eigenvalue weighted by Gasteiger charge is -1.93. The summed E-state index contributed by atoms with van der Waals surface area (Å²) in [6.07, 6.45) is 14.2. The van der Waals surface area contributed by atoms with Crippen molar-refractivity contribution >= 4 is 29.0 Å². The zero-order valence-corrected chi connectivity index (χ0v) is 16.3. The fourth-order valence-electron chi connectivity index (χ4n) is 2.13. The summed E-state index contributed by atoms with van der Waals surface area (Å²) in [6, 6.07) is 0. The predicted molar refractivity (Wildman–Crippen MR) is 102 cm³/mol. The van der Waals surface area contributed by atoms with Crippen LogP contribution in [0.3, 0.4) is 0 Å². The number of carbonyl (C=O) groups is 1. The van der Waals surface area contributed by atoms with E-state index in [0.717, 1.165) is 24.1 Å². The van der Waals surface area contributed by atoms with E-state index in [1.807, 2.05) is 12.4 Å². The van der Waals surface area contributed by atoms with Crippen molar-refractivity contribution in [3.8, 4) is 0 Å². The first-order valence-electron chi connectivity index (χ1n) is 8.67. The molecule has 0 unspecified atom stereocenters. The van der Waals surface area contributed by atoms with Gasteiger partial charge in [0.15, 0.2) is 11.3 Å². The van der Waals surface area contributed by atoms with Crippen LogP contribution in [-0.2, 0) is 19.4 Å². The topological polar surface area (TPSA) is 63.1 Å². The Morgan fingerprint density at radius 1 is 0.958 bits per heavy atom. The molecule has 0 aromatic carbocycles. The summed E-state index contributed by atoms with van der Waals surface area (Å²) in [6.45, 7) is 4.47. The van der Waals surface area contributed by atoms with Crippen LogP contribution in [0.15, 0.2) is 12.4 Å². The first kappa shape index (κ1) is 20.9. The monoisotopic (exact) mass is 368 g/mol. The molecule has 24 heavy (non-hydrogen) atoms. The Morgan fingerprint density at radius 2 is 1.54 bits per heavy atom. The Morgan fingerprint density at radius 3 is 2.00 bits per heavy atom. The molecule has 2 heterocycles. The van der Waals surface area contributed by atoms with Crippen LogP contribution >= 0.6 is 22.7 Å². The first-order valence-corrected chi connectivity index (χ1v) is 10.3. The van der Waals surface area contributed by atoms with Crippen LogP contribution in [0.4, 0.5) is 0 Å². The molecule has 2 aromatic heterocycles. The van der Waals surface area contributed by atoms with Gasteiger partial charge < -0.3 is 5.11 Å². The highest BCUT2D eigenvalue weighted by atomic mass is 32.1. The number of aliphatic hydroxyl groups is 1. The Kier molecular flexibility index (Phi) is 11.5. The molecule has 0 aliphatic rings. The van der Waals surface area contributed by atoms with E-state index >= 15 is 0 Å². The molecule has 0 aliphatic heterocycles. The van der Waals surface area contributed by atoms with Crippen molar-refractivity contribution in [2.24, 2.45) is 0 Å². The lowest BCUT2D eigenvalue weighted by molar-refractivity contribution is 0.112.